The number of aromatic carboxylic acids is 1. The van der Waals surface area contributed by atoms with E-state index in [0.29, 0.717) is 5.75 Å². The zero-order valence-electron chi connectivity index (χ0n) is 11.5. The van der Waals surface area contributed by atoms with Gasteiger partial charge in [-0.1, -0.05) is 42.5 Å². The van der Waals surface area contributed by atoms with Gasteiger partial charge < -0.3 is 9.84 Å². The van der Waals surface area contributed by atoms with Gasteiger partial charge in [0.1, 0.15) is 5.75 Å². The third kappa shape index (κ3) is 2.67. The summed E-state index contributed by atoms with van der Waals surface area (Å²) in [5.41, 5.74) is -0.0327. The third-order valence-electron chi connectivity index (χ3n) is 3.29. The standard InChI is InChI=1S/C18H12O4/c19-17(20)15-10-12-6-4-5-7-13(12)11-16(15)18(21)22-14-8-2-1-3-9-14/h1-11H,(H,19,20). The summed E-state index contributed by atoms with van der Waals surface area (Å²) in [6.45, 7) is 0. The van der Waals surface area contributed by atoms with Gasteiger partial charge in [-0.25, -0.2) is 9.59 Å². The number of carboxylic acid groups (broad SMARTS) is 1. The van der Waals surface area contributed by atoms with Crippen LogP contribution in [0.3, 0.4) is 0 Å². The first-order valence-electron chi connectivity index (χ1n) is 6.68. The van der Waals surface area contributed by atoms with Gasteiger partial charge in [0.15, 0.2) is 0 Å². The van der Waals surface area contributed by atoms with Crippen LogP contribution in [0.4, 0.5) is 0 Å². The minimum Gasteiger partial charge on any atom is -0.478 e. The molecule has 0 heterocycles. The van der Waals surface area contributed by atoms with Crippen LogP contribution in [0, 0.1) is 0 Å². The van der Waals surface area contributed by atoms with Crippen LogP contribution in [-0.2, 0) is 0 Å². The largest absolute Gasteiger partial charge is 0.478 e. The topological polar surface area (TPSA) is 63.6 Å². The lowest BCUT2D eigenvalue weighted by molar-refractivity contribution is 0.0668. The van der Waals surface area contributed by atoms with Gasteiger partial charge in [-0.15, -0.1) is 0 Å². The highest BCUT2D eigenvalue weighted by molar-refractivity contribution is 6.07. The lowest BCUT2D eigenvalue weighted by Crippen LogP contribution is -2.14. The number of rotatable bonds is 3. The Hall–Kier alpha value is -3.14. The van der Waals surface area contributed by atoms with E-state index >= 15 is 0 Å². The highest BCUT2D eigenvalue weighted by Gasteiger charge is 2.19. The van der Waals surface area contributed by atoms with Crippen molar-refractivity contribution in [3.05, 3.63) is 77.9 Å². The summed E-state index contributed by atoms with van der Waals surface area (Å²) in [6, 6.07) is 18.8. The van der Waals surface area contributed by atoms with Crippen LogP contribution in [0.5, 0.6) is 5.75 Å². The van der Waals surface area contributed by atoms with Crippen molar-refractivity contribution in [2.45, 2.75) is 0 Å². The van der Waals surface area contributed by atoms with Crippen LogP contribution in [-0.4, -0.2) is 17.0 Å². The van der Waals surface area contributed by atoms with Crippen LogP contribution in [0.2, 0.25) is 0 Å². The molecular weight excluding hydrogens is 280 g/mol. The molecule has 3 aromatic rings. The van der Waals surface area contributed by atoms with E-state index in [4.69, 9.17) is 4.74 Å². The quantitative estimate of drug-likeness (QED) is 0.589. The van der Waals surface area contributed by atoms with Crippen molar-refractivity contribution in [2.24, 2.45) is 0 Å². The number of hydrogen-bond donors (Lipinski definition) is 1. The molecule has 0 fully saturated rings. The molecule has 1 N–H and O–H groups in total. The lowest BCUT2D eigenvalue weighted by atomic mass is 10.0. The average molecular weight is 292 g/mol. The van der Waals surface area contributed by atoms with Crippen molar-refractivity contribution in [1.29, 1.82) is 0 Å². The van der Waals surface area contributed by atoms with E-state index in [9.17, 15) is 14.7 Å². The average Bonchev–Trinajstić information content (AvgIpc) is 2.54. The van der Waals surface area contributed by atoms with E-state index in [2.05, 4.69) is 0 Å². The van der Waals surface area contributed by atoms with Crippen LogP contribution in [0.15, 0.2) is 66.7 Å². The van der Waals surface area contributed by atoms with Gasteiger partial charge in [0.25, 0.3) is 0 Å². The molecule has 0 aliphatic heterocycles. The molecule has 22 heavy (non-hydrogen) atoms. The van der Waals surface area contributed by atoms with Crippen molar-refractivity contribution < 1.29 is 19.4 Å². The maximum Gasteiger partial charge on any atom is 0.344 e. The normalized spacial score (nSPS) is 10.4. The second-order valence-electron chi connectivity index (χ2n) is 4.75. The number of carbonyl (C=O) groups is 2. The number of hydrogen-bond acceptors (Lipinski definition) is 3. The summed E-state index contributed by atoms with van der Waals surface area (Å²) in [5.74, 6) is -1.47. The highest BCUT2D eigenvalue weighted by atomic mass is 16.5. The molecule has 0 radical (unpaired) electrons. The maximum atomic E-state index is 12.3. The van der Waals surface area contributed by atoms with Crippen LogP contribution in [0.25, 0.3) is 10.8 Å². The minimum absolute atomic E-state index is 0.0371. The molecule has 0 saturated heterocycles. The first-order chi connectivity index (χ1) is 10.6. The molecule has 4 nitrogen and oxygen atoms in total. The molecule has 0 aromatic heterocycles. The molecule has 3 rings (SSSR count). The summed E-state index contributed by atoms with van der Waals surface area (Å²) < 4.78 is 5.24. The smallest absolute Gasteiger partial charge is 0.344 e. The van der Waals surface area contributed by atoms with Gasteiger partial charge in [-0.05, 0) is 35.0 Å². The molecule has 4 heteroatoms. The third-order valence-corrected chi connectivity index (χ3v) is 3.29. The van der Waals surface area contributed by atoms with E-state index < -0.39 is 11.9 Å². The molecule has 0 saturated carbocycles. The molecule has 0 amide bonds. The second kappa shape index (κ2) is 5.69. The zero-order chi connectivity index (χ0) is 15.5. The second-order valence-corrected chi connectivity index (χ2v) is 4.75. The van der Waals surface area contributed by atoms with Crippen molar-refractivity contribution in [2.75, 3.05) is 0 Å². The maximum absolute atomic E-state index is 12.3. The molecule has 108 valence electrons. The molecule has 0 spiro atoms. The fraction of sp³-hybridized carbons (Fsp3) is 0. The summed E-state index contributed by atoms with van der Waals surface area (Å²) in [4.78, 5) is 23.7. The predicted octanol–water partition coefficient (Wildman–Crippen LogP) is 3.76. The van der Waals surface area contributed by atoms with E-state index in [0.717, 1.165) is 10.8 Å². The molecular formula is C18H12O4. The summed E-state index contributed by atoms with van der Waals surface area (Å²) in [5, 5.41) is 10.9. The monoisotopic (exact) mass is 292 g/mol. The zero-order valence-corrected chi connectivity index (χ0v) is 11.5. The van der Waals surface area contributed by atoms with E-state index in [1.54, 1.807) is 42.5 Å². The Morgan fingerprint density at radius 3 is 1.91 bits per heavy atom. The highest BCUT2D eigenvalue weighted by Crippen LogP contribution is 2.22. The fourth-order valence-electron chi connectivity index (χ4n) is 2.24. The Balaban J connectivity index is 2.06. The first-order valence-corrected chi connectivity index (χ1v) is 6.68. The van der Waals surface area contributed by atoms with E-state index in [1.807, 2.05) is 18.2 Å². The van der Waals surface area contributed by atoms with Crippen LogP contribution < -0.4 is 4.74 Å². The van der Waals surface area contributed by atoms with E-state index in [1.165, 1.54) is 6.07 Å². The first kappa shape index (κ1) is 13.8. The SMILES string of the molecule is O=C(O)c1cc2ccccc2cc1C(=O)Oc1ccccc1. The summed E-state index contributed by atoms with van der Waals surface area (Å²) >= 11 is 0. The summed E-state index contributed by atoms with van der Waals surface area (Å²) in [6.07, 6.45) is 0. The Kier molecular flexibility index (Phi) is 3.58. The molecule has 0 bridgehead atoms. The number of fused-ring (bicyclic) bond motifs is 1. The van der Waals surface area contributed by atoms with Crippen molar-refractivity contribution in [3.63, 3.8) is 0 Å². The van der Waals surface area contributed by atoms with Gasteiger partial charge in [0.2, 0.25) is 0 Å². The Morgan fingerprint density at radius 2 is 1.32 bits per heavy atom. The van der Waals surface area contributed by atoms with Crippen LogP contribution >= 0.6 is 0 Å². The molecule has 0 atom stereocenters. The number of benzene rings is 3. The summed E-state index contributed by atoms with van der Waals surface area (Å²) in [7, 11) is 0. The Bertz CT molecular complexity index is 853. The van der Waals surface area contributed by atoms with Gasteiger partial charge in [0, 0.05) is 0 Å². The van der Waals surface area contributed by atoms with Crippen molar-refractivity contribution >= 4 is 22.7 Å². The number of carbonyl (C=O) groups excluding carboxylic acids is 1. The van der Waals surface area contributed by atoms with Crippen molar-refractivity contribution in [1.82, 2.24) is 0 Å². The van der Waals surface area contributed by atoms with Crippen LogP contribution in [0.1, 0.15) is 20.7 Å². The Labute approximate surface area is 126 Å². The molecule has 0 aliphatic rings. The molecule has 0 aliphatic carbocycles. The fourth-order valence-corrected chi connectivity index (χ4v) is 2.24. The number of ether oxygens (including phenoxy) is 1. The lowest BCUT2D eigenvalue weighted by Gasteiger charge is -2.08. The molecule has 3 aromatic carbocycles. The predicted molar refractivity (Wildman–Crippen MR) is 82.3 cm³/mol. The number of carboxylic acids is 1. The number of para-hydroxylation sites is 1. The number of esters is 1. The van der Waals surface area contributed by atoms with Gasteiger partial charge in [-0.3, -0.25) is 0 Å². The van der Waals surface area contributed by atoms with Crippen molar-refractivity contribution in [3.8, 4) is 5.75 Å². The van der Waals surface area contributed by atoms with E-state index in [-0.39, 0.29) is 11.1 Å². The molecule has 0 unspecified atom stereocenters. The Morgan fingerprint density at radius 1 is 0.773 bits per heavy atom. The minimum atomic E-state index is -1.16. The van der Waals surface area contributed by atoms with Gasteiger partial charge >= 0.3 is 11.9 Å². The van der Waals surface area contributed by atoms with Gasteiger partial charge in [0.05, 0.1) is 11.1 Å². The van der Waals surface area contributed by atoms with Gasteiger partial charge in [-0.2, -0.15) is 0 Å².